The summed E-state index contributed by atoms with van der Waals surface area (Å²) in [5.74, 6) is 1.80. The number of nitrogens with zero attached hydrogens (tertiary/aromatic N) is 1. The number of benzene rings is 1. The topological polar surface area (TPSA) is 33.6 Å². The Morgan fingerprint density at radius 3 is 2.88 bits per heavy atom. The molecule has 1 N–H and O–H groups in total. The lowest BCUT2D eigenvalue weighted by Gasteiger charge is -2.12. The van der Waals surface area contributed by atoms with E-state index >= 15 is 0 Å². The molecular weight excluding hydrogens is 224 g/mol. The summed E-state index contributed by atoms with van der Waals surface area (Å²) < 4.78 is 5.70. The highest BCUT2D eigenvalue weighted by atomic mass is 35.5. The van der Waals surface area contributed by atoms with Crippen molar-refractivity contribution in [2.75, 3.05) is 19.7 Å². The van der Waals surface area contributed by atoms with Gasteiger partial charge >= 0.3 is 0 Å². The summed E-state index contributed by atoms with van der Waals surface area (Å²) >= 11 is 6.02. The van der Waals surface area contributed by atoms with E-state index in [1.165, 1.54) is 0 Å². The van der Waals surface area contributed by atoms with E-state index in [-0.39, 0.29) is 0 Å². The zero-order valence-corrected chi connectivity index (χ0v) is 10.3. The first-order valence-corrected chi connectivity index (χ1v) is 5.72. The van der Waals surface area contributed by atoms with E-state index in [0.29, 0.717) is 6.61 Å². The van der Waals surface area contributed by atoms with Gasteiger partial charge < -0.3 is 10.1 Å². The average molecular weight is 239 g/mol. The van der Waals surface area contributed by atoms with Gasteiger partial charge in [-0.25, -0.2) is 0 Å². The van der Waals surface area contributed by atoms with Crippen molar-refractivity contribution in [1.29, 1.82) is 0 Å². The second-order valence-corrected chi connectivity index (χ2v) is 4.25. The molecule has 16 heavy (non-hydrogen) atoms. The van der Waals surface area contributed by atoms with Gasteiger partial charge in [-0.1, -0.05) is 11.6 Å². The van der Waals surface area contributed by atoms with Crippen LogP contribution in [-0.4, -0.2) is 25.5 Å². The first-order chi connectivity index (χ1) is 7.68. The smallest absolute Gasteiger partial charge is 0.145 e. The molecule has 1 aromatic carbocycles. The molecule has 3 nitrogen and oxygen atoms in total. The predicted octanol–water partition coefficient (Wildman–Crippen LogP) is 2.34. The number of hydrogen-bond acceptors (Lipinski definition) is 3. The predicted molar refractivity (Wildman–Crippen MR) is 66.7 cm³/mol. The van der Waals surface area contributed by atoms with Crippen molar-refractivity contribution in [2.45, 2.75) is 13.8 Å². The molecule has 0 fully saturated rings. The van der Waals surface area contributed by atoms with Crippen LogP contribution in [0.2, 0.25) is 5.02 Å². The molecule has 1 heterocycles. The summed E-state index contributed by atoms with van der Waals surface area (Å²) in [5, 5.41) is 3.95. The number of hydrogen-bond donors (Lipinski definition) is 1. The summed E-state index contributed by atoms with van der Waals surface area (Å²) in [6.45, 7) is 6.27. The number of amidine groups is 1. The molecule has 4 heteroatoms. The molecule has 0 atom stereocenters. The van der Waals surface area contributed by atoms with Crippen LogP contribution in [0.15, 0.2) is 17.1 Å². The van der Waals surface area contributed by atoms with Gasteiger partial charge in [-0.15, -0.1) is 0 Å². The molecule has 0 spiro atoms. The Labute approximate surface area is 100 Å². The maximum absolute atomic E-state index is 6.02. The molecule has 0 radical (unpaired) electrons. The second kappa shape index (κ2) is 4.74. The van der Waals surface area contributed by atoms with Crippen LogP contribution in [0.4, 0.5) is 0 Å². The molecule has 0 saturated carbocycles. The quantitative estimate of drug-likeness (QED) is 0.877. The highest BCUT2D eigenvalue weighted by Gasteiger charge is 2.09. The Morgan fingerprint density at radius 1 is 1.38 bits per heavy atom. The Bertz CT molecular complexity index is 429. The summed E-state index contributed by atoms with van der Waals surface area (Å²) in [4.78, 5) is 4.27. The van der Waals surface area contributed by atoms with E-state index in [2.05, 4.69) is 10.3 Å². The van der Waals surface area contributed by atoms with Gasteiger partial charge in [0.15, 0.2) is 0 Å². The van der Waals surface area contributed by atoms with E-state index in [1.54, 1.807) is 0 Å². The lowest BCUT2D eigenvalue weighted by molar-refractivity contribution is 0.370. The van der Waals surface area contributed by atoms with Gasteiger partial charge in [0.05, 0.1) is 6.54 Å². The van der Waals surface area contributed by atoms with Crippen LogP contribution in [0.1, 0.15) is 11.1 Å². The van der Waals surface area contributed by atoms with Crippen LogP contribution < -0.4 is 10.1 Å². The minimum atomic E-state index is 0.502. The average Bonchev–Trinajstić information content (AvgIpc) is 2.78. The third-order valence-corrected chi connectivity index (χ3v) is 3.19. The fraction of sp³-hybridized carbons (Fsp3) is 0.417. The maximum atomic E-state index is 6.02. The van der Waals surface area contributed by atoms with Crippen LogP contribution >= 0.6 is 11.6 Å². The molecule has 1 aliphatic heterocycles. The monoisotopic (exact) mass is 238 g/mol. The van der Waals surface area contributed by atoms with Gasteiger partial charge in [0.25, 0.3) is 0 Å². The van der Waals surface area contributed by atoms with Crippen molar-refractivity contribution in [1.82, 2.24) is 5.32 Å². The largest absolute Gasteiger partial charge is 0.485 e. The molecule has 0 aliphatic carbocycles. The standard InChI is InChI=1S/C12H15ClN2O/c1-8-9(2)11(4-3-10(8)13)16-7-12-14-5-6-15-12/h3-4H,5-7H2,1-2H3,(H,14,15). The normalized spacial score (nSPS) is 14.6. The number of nitrogens with one attached hydrogen (secondary N) is 1. The minimum Gasteiger partial charge on any atom is -0.485 e. The second-order valence-electron chi connectivity index (χ2n) is 3.84. The highest BCUT2D eigenvalue weighted by molar-refractivity contribution is 6.31. The highest BCUT2D eigenvalue weighted by Crippen LogP contribution is 2.27. The van der Waals surface area contributed by atoms with Crippen LogP contribution in [0.3, 0.4) is 0 Å². The van der Waals surface area contributed by atoms with E-state index in [0.717, 1.165) is 40.8 Å². The lowest BCUT2D eigenvalue weighted by Crippen LogP contribution is -2.25. The van der Waals surface area contributed by atoms with Crippen molar-refractivity contribution in [3.8, 4) is 5.75 Å². The van der Waals surface area contributed by atoms with Crippen LogP contribution in [0, 0.1) is 13.8 Å². The van der Waals surface area contributed by atoms with Gasteiger partial charge in [0, 0.05) is 11.6 Å². The van der Waals surface area contributed by atoms with Gasteiger partial charge in [-0.05, 0) is 37.1 Å². The van der Waals surface area contributed by atoms with Crippen LogP contribution in [0.25, 0.3) is 0 Å². The van der Waals surface area contributed by atoms with E-state index in [1.807, 2.05) is 26.0 Å². The zero-order valence-electron chi connectivity index (χ0n) is 9.51. The third-order valence-electron chi connectivity index (χ3n) is 2.78. The molecule has 2 rings (SSSR count). The van der Waals surface area contributed by atoms with Crippen molar-refractivity contribution >= 4 is 17.4 Å². The Balaban J connectivity index is 2.07. The molecule has 0 bridgehead atoms. The number of halogens is 1. The fourth-order valence-corrected chi connectivity index (χ4v) is 1.81. The Morgan fingerprint density at radius 2 is 2.19 bits per heavy atom. The van der Waals surface area contributed by atoms with Crippen molar-refractivity contribution < 1.29 is 4.74 Å². The third kappa shape index (κ3) is 2.30. The van der Waals surface area contributed by atoms with Gasteiger partial charge in [0.2, 0.25) is 0 Å². The molecule has 0 unspecified atom stereocenters. The molecule has 1 aromatic rings. The number of ether oxygens (including phenoxy) is 1. The molecule has 0 aromatic heterocycles. The number of rotatable bonds is 3. The van der Waals surface area contributed by atoms with E-state index in [4.69, 9.17) is 16.3 Å². The van der Waals surface area contributed by atoms with Gasteiger partial charge in [-0.2, -0.15) is 0 Å². The van der Waals surface area contributed by atoms with Crippen molar-refractivity contribution in [2.24, 2.45) is 4.99 Å². The summed E-state index contributed by atoms with van der Waals surface area (Å²) in [5.41, 5.74) is 2.16. The van der Waals surface area contributed by atoms with Crippen molar-refractivity contribution in [3.05, 3.63) is 28.3 Å². The number of aliphatic imine (C=N–C) groups is 1. The summed E-state index contributed by atoms with van der Waals surface area (Å²) in [6, 6.07) is 3.77. The van der Waals surface area contributed by atoms with E-state index < -0.39 is 0 Å². The lowest BCUT2D eigenvalue weighted by atomic mass is 10.1. The Kier molecular flexibility index (Phi) is 3.34. The van der Waals surface area contributed by atoms with Crippen LogP contribution in [-0.2, 0) is 0 Å². The van der Waals surface area contributed by atoms with Gasteiger partial charge in [0.1, 0.15) is 18.2 Å². The minimum absolute atomic E-state index is 0.502. The van der Waals surface area contributed by atoms with Crippen molar-refractivity contribution in [3.63, 3.8) is 0 Å². The zero-order chi connectivity index (χ0) is 11.5. The van der Waals surface area contributed by atoms with Crippen LogP contribution in [0.5, 0.6) is 5.75 Å². The van der Waals surface area contributed by atoms with E-state index in [9.17, 15) is 0 Å². The molecule has 1 aliphatic rings. The molecule has 0 amide bonds. The first kappa shape index (κ1) is 11.3. The first-order valence-electron chi connectivity index (χ1n) is 5.34. The Hall–Kier alpha value is -1.22. The SMILES string of the molecule is Cc1c(Cl)ccc(OCC2=NCCN2)c1C. The fourth-order valence-electron chi connectivity index (χ4n) is 1.61. The molecule has 0 saturated heterocycles. The molecular formula is C12H15ClN2O. The maximum Gasteiger partial charge on any atom is 0.145 e. The molecule has 86 valence electrons. The summed E-state index contributed by atoms with van der Waals surface area (Å²) in [7, 11) is 0. The van der Waals surface area contributed by atoms with Gasteiger partial charge in [-0.3, -0.25) is 4.99 Å². The summed E-state index contributed by atoms with van der Waals surface area (Å²) in [6.07, 6.45) is 0.